The molecule has 1 spiro atoms. The molecule has 1 atom stereocenters. The summed E-state index contributed by atoms with van der Waals surface area (Å²) in [4.78, 5) is 15.0. The lowest BCUT2D eigenvalue weighted by Crippen LogP contribution is -2.35. The molecule has 1 aromatic carbocycles. The summed E-state index contributed by atoms with van der Waals surface area (Å²) in [6.45, 7) is 6.62. The third-order valence-corrected chi connectivity index (χ3v) is 5.81. The molecule has 5 nitrogen and oxygen atoms in total. The van der Waals surface area contributed by atoms with Crippen molar-refractivity contribution in [1.82, 2.24) is 10.2 Å². The summed E-state index contributed by atoms with van der Waals surface area (Å²) in [6.07, 6.45) is 3.35. The van der Waals surface area contributed by atoms with Gasteiger partial charge in [0, 0.05) is 31.2 Å². The van der Waals surface area contributed by atoms with Crippen LogP contribution in [-0.2, 0) is 16.1 Å². The fourth-order valence-electron chi connectivity index (χ4n) is 4.19. The number of rotatable bonds is 4. The predicted molar refractivity (Wildman–Crippen MR) is 93.8 cm³/mol. The largest absolute Gasteiger partial charge is 0.379 e. The Balaban J connectivity index is 1.34. The van der Waals surface area contributed by atoms with Gasteiger partial charge in [-0.2, -0.15) is 0 Å². The molecule has 0 radical (unpaired) electrons. The van der Waals surface area contributed by atoms with Crippen molar-refractivity contribution < 1.29 is 9.53 Å². The van der Waals surface area contributed by atoms with Gasteiger partial charge in [0.15, 0.2) is 0 Å². The maximum absolute atomic E-state index is 12.6. The number of ether oxygens (including phenoxy) is 1. The molecule has 2 saturated heterocycles. The lowest BCUT2D eigenvalue weighted by Gasteiger charge is -2.26. The fourth-order valence-corrected chi connectivity index (χ4v) is 4.19. The van der Waals surface area contributed by atoms with E-state index in [2.05, 4.69) is 27.7 Å². The minimum Gasteiger partial charge on any atom is -0.379 e. The van der Waals surface area contributed by atoms with E-state index in [1.807, 2.05) is 12.1 Å². The van der Waals surface area contributed by atoms with Gasteiger partial charge in [0.05, 0.1) is 13.2 Å². The maximum atomic E-state index is 12.6. The number of morpholine rings is 1. The van der Waals surface area contributed by atoms with Gasteiger partial charge in [0.1, 0.15) is 0 Å². The summed E-state index contributed by atoms with van der Waals surface area (Å²) in [5.74, 6) is 0.419. The Morgan fingerprint density at radius 2 is 2.08 bits per heavy atom. The van der Waals surface area contributed by atoms with Crippen LogP contribution < -0.4 is 10.6 Å². The Morgan fingerprint density at radius 1 is 1.29 bits per heavy atom. The third-order valence-electron chi connectivity index (χ3n) is 5.81. The first kappa shape index (κ1) is 16.1. The van der Waals surface area contributed by atoms with Crippen molar-refractivity contribution >= 4 is 11.6 Å². The minimum atomic E-state index is 0.209. The smallest absolute Gasteiger partial charge is 0.228 e. The topological polar surface area (TPSA) is 53.6 Å². The second-order valence-electron chi connectivity index (χ2n) is 7.45. The molecule has 2 aliphatic heterocycles. The molecular formula is C19H27N3O2. The SMILES string of the molecule is O=C(Nc1cccc(CN2CCOCC2)c1)C1CC12CCNCC2. The van der Waals surface area contributed by atoms with E-state index < -0.39 is 0 Å². The number of piperidine rings is 1. The second kappa shape index (κ2) is 6.82. The number of carbonyl (C=O) groups excluding carboxylic acids is 1. The van der Waals surface area contributed by atoms with Crippen LogP contribution in [0.25, 0.3) is 0 Å². The van der Waals surface area contributed by atoms with E-state index in [1.54, 1.807) is 0 Å². The molecule has 2 heterocycles. The first-order chi connectivity index (χ1) is 11.8. The van der Waals surface area contributed by atoms with Crippen molar-refractivity contribution in [3.8, 4) is 0 Å². The Hall–Kier alpha value is -1.43. The Labute approximate surface area is 143 Å². The van der Waals surface area contributed by atoms with Crippen LogP contribution in [0.2, 0.25) is 0 Å². The van der Waals surface area contributed by atoms with Gasteiger partial charge >= 0.3 is 0 Å². The van der Waals surface area contributed by atoms with Crippen molar-refractivity contribution in [3.63, 3.8) is 0 Å². The van der Waals surface area contributed by atoms with E-state index in [0.29, 0.717) is 5.41 Å². The van der Waals surface area contributed by atoms with Crippen molar-refractivity contribution in [1.29, 1.82) is 0 Å². The number of nitrogens with zero attached hydrogens (tertiary/aromatic N) is 1. The lowest BCUT2D eigenvalue weighted by atomic mass is 9.92. The number of hydrogen-bond donors (Lipinski definition) is 2. The van der Waals surface area contributed by atoms with Crippen LogP contribution in [0.4, 0.5) is 5.69 Å². The third kappa shape index (κ3) is 3.48. The Kier molecular flexibility index (Phi) is 4.57. The first-order valence-electron chi connectivity index (χ1n) is 9.16. The molecule has 24 heavy (non-hydrogen) atoms. The Morgan fingerprint density at radius 3 is 2.88 bits per heavy atom. The molecule has 1 amide bonds. The molecule has 3 aliphatic rings. The minimum absolute atomic E-state index is 0.209. The van der Waals surface area contributed by atoms with E-state index in [4.69, 9.17) is 4.74 Å². The van der Waals surface area contributed by atoms with Gasteiger partial charge in [-0.15, -0.1) is 0 Å². The molecule has 1 aliphatic carbocycles. The molecule has 4 rings (SSSR count). The van der Waals surface area contributed by atoms with Crippen LogP contribution in [0.5, 0.6) is 0 Å². The van der Waals surface area contributed by atoms with Crippen molar-refractivity contribution in [2.45, 2.75) is 25.8 Å². The van der Waals surface area contributed by atoms with Crippen molar-refractivity contribution in [2.75, 3.05) is 44.7 Å². The molecule has 5 heteroatoms. The summed E-state index contributed by atoms with van der Waals surface area (Å²) in [5.41, 5.74) is 2.48. The van der Waals surface area contributed by atoms with Gasteiger partial charge < -0.3 is 15.4 Å². The molecule has 1 unspecified atom stereocenters. The monoisotopic (exact) mass is 329 g/mol. The van der Waals surface area contributed by atoms with Gasteiger partial charge in [-0.05, 0) is 55.5 Å². The highest BCUT2D eigenvalue weighted by atomic mass is 16.5. The number of anilines is 1. The van der Waals surface area contributed by atoms with Crippen molar-refractivity contribution in [3.05, 3.63) is 29.8 Å². The van der Waals surface area contributed by atoms with E-state index in [0.717, 1.165) is 70.9 Å². The molecule has 3 fully saturated rings. The fraction of sp³-hybridized carbons (Fsp3) is 0.632. The summed E-state index contributed by atoms with van der Waals surface area (Å²) in [5, 5.41) is 6.54. The molecular weight excluding hydrogens is 302 g/mol. The highest BCUT2D eigenvalue weighted by molar-refractivity contribution is 5.95. The van der Waals surface area contributed by atoms with Gasteiger partial charge in [-0.3, -0.25) is 9.69 Å². The van der Waals surface area contributed by atoms with Crippen LogP contribution >= 0.6 is 0 Å². The zero-order chi connectivity index (χ0) is 16.4. The average Bonchev–Trinajstić information content (AvgIpc) is 3.30. The van der Waals surface area contributed by atoms with Gasteiger partial charge in [0.2, 0.25) is 5.91 Å². The highest BCUT2D eigenvalue weighted by Gasteiger charge is 2.57. The quantitative estimate of drug-likeness (QED) is 0.885. The zero-order valence-corrected chi connectivity index (χ0v) is 14.2. The molecule has 1 saturated carbocycles. The van der Waals surface area contributed by atoms with Crippen LogP contribution in [-0.4, -0.2) is 50.2 Å². The molecule has 2 N–H and O–H groups in total. The zero-order valence-electron chi connectivity index (χ0n) is 14.2. The first-order valence-corrected chi connectivity index (χ1v) is 9.16. The molecule has 130 valence electrons. The summed E-state index contributed by atoms with van der Waals surface area (Å²) in [6, 6.07) is 8.29. The van der Waals surface area contributed by atoms with E-state index in [1.165, 1.54) is 5.56 Å². The van der Waals surface area contributed by atoms with Gasteiger partial charge in [0.25, 0.3) is 0 Å². The predicted octanol–water partition coefficient (Wildman–Crippen LogP) is 1.85. The number of amides is 1. The van der Waals surface area contributed by atoms with Crippen LogP contribution in [0.15, 0.2) is 24.3 Å². The molecule has 0 bridgehead atoms. The molecule has 1 aromatic rings. The Bertz CT molecular complexity index is 592. The van der Waals surface area contributed by atoms with Crippen LogP contribution in [0.3, 0.4) is 0 Å². The van der Waals surface area contributed by atoms with Gasteiger partial charge in [-0.25, -0.2) is 0 Å². The number of carbonyl (C=O) groups is 1. The summed E-state index contributed by atoms with van der Waals surface area (Å²) in [7, 11) is 0. The highest BCUT2D eigenvalue weighted by Crippen LogP contribution is 2.58. The van der Waals surface area contributed by atoms with Crippen LogP contribution in [0, 0.1) is 11.3 Å². The second-order valence-corrected chi connectivity index (χ2v) is 7.45. The normalized spacial score (nSPS) is 26.2. The lowest BCUT2D eigenvalue weighted by molar-refractivity contribution is -0.118. The summed E-state index contributed by atoms with van der Waals surface area (Å²) < 4.78 is 5.40. The van der Waals surface area contributed by atoms with Crippen LogP contribution in [0.1, 0.15) is 24.8 Å². The standard InChI is InChI=1S/C19H27N3O2/c23-18(17-13-19(17)4-6-20-7-5-19)21-16-3-1-2-15(12-16)14-22-8-10-24-11-9-22/h1-3,12,17,20H,4-11,13-14H2,(H,21,23). The van der Waals surface area contributed by atoms with E-state index in [-0.39, 0.29) is 11.8 Å². The van der Waals surface area contributed by atoms with Gasteiger partial charge in [-0.1, -0.05) is 12.1 Å². The average molecular weight is 329 g/mol. The number of benzene rings is 1. The number of nitrogens with one attached hydrogen (secondary N) is 2. The maximum Gasteiger partial charge on any atom is 0.228 e. The number of hydrogen-bond acceptors (Lipinski definition) is 4. The van der Waals surface area contributed by atoms with E-state index in [9.17, 15) is 4.79 Å². The molecule has 0 aromatic heterocycles. The van der Waals surface area contributed by atoms with E-state index >= 15 is 0 Å². The van der Waals surface area contributed by atoms with Crippen molar-refractivity contribution in [2.24, 2.45) is 11.3 Å². The summed E-state index contributed by atoms with van der Waals surface area (Å²) >= 11 is 0.